The van der Waals surface area contributed by atoms with E-state index in [-0.39, 0.29) is 13.0 Å². The summed E-state index contributed by atoms with van der Waals surface area (Å²) in [5.74, 6) is -1.07. The second-order valence-electron chi connectivity index (χ2n) is 5.75. The number of ether oxygens (including phenoxy) is 2. The molecule has 6 nitrogen and oxygen atoms in total. The van der Waals surface area contributed by atoms with Crippen LogP contribution in [-0.2, 0) is 14.3 Å². The number of methoxy groups -OCH3 is 1. The molecule has 7 heteroatoms. The van der Waals surface area contributed by atoms with E-state index >= 15 is 0 Å². The molecule has 0 heterocycles. The minimum atomic E-state index is -1.03. The van der Waals surface area contributed by atoms with E-state index in [0.717, 1.165) is 5.56 Å². The molecule has 0 aliphatic carbocycles. The van der Waals surface area contributed by atoms with Gasteiger partial charge in [-0.3, -0.25) is 9.59 Å². The number of hydrogen-bond acceptors (Lipinski definition) is 4. The molecule has 1 amide bonds. The van der Waals surface area contributed by atoms with E-state index in [1.165, 1.54) is 7.11 Å². The van der Waals surface area contributed by atoms with Crippen LogP contribution in [0.2, 0.25) is 5.02 Å². The van der Waals surface area contributed by atoms with Crippen molar-refractivity contribution in [3.63, 3.8) is 0 Å². The molecule has 0 spiro atoms. The molecule has 128 valence electrons. The molecule has 1 rings (SSSR count). The Kier molecular flexibility index (Phi) is 6.84. The lowest BCUT2D eigenvalue weighted by Gasteiger charge is -2.30. The molecule has 1 aromatic rings. The van der Waals surface area contributed by atoms with E-state index in [9.17, 15) is 9.59 Å². The SMILES string of the molecule is COCC(C)(CC(=O)O)NC(=O)C(C)Oc1cc(C)ccc1Cl. The van der Waals surface area contributed by atoms with Crippen LogP contribution in [0.25, 0.3) is 0 Å². The van der Waals surface area contributed by atoms with Gasteiger partial charge in [-0.2, -0.15) is 0 Å². The van der Waals surface area contributed by atoms with Gasteiger partial charge in [-0.05, 0) is 38.5 Å². The summed E-state index contributed by atoms with van der Waals surface area (Å²) in [4.78, 5) is 23.2. The Balaban J connectivity index is 2.78. The molecule has 2 atom stereocenters. The van der Waals surface area contributed by atoms with Gasteiger partial charge in [0.2, 0.25) is 0 Å². The topological polar surface area (TPSA) is 84.9 Å². The molecule has 23 heavy (non-hydrogen) atoms. The Labute approximate surface area is 140 Å². The number of aryl methyl sites for hydroxylation is 1. The van der Waals surface area contributed by atoms with Crippen molar-refractivity contribution in [3.05, 3.63) is 28.8 Å². The molecule has 2 N–H and O–H groups in total. The summed E-state index contributed by atoms with van der Waals surface area (Å²) in [7, 11) is 1.44. The van der Waals surface area contributed by atoms with Crippen molar-refractivity contribution < 1.29 is 24.2 Å². The summed E-state index contributed by atoms with van der Waals surface area (Å²) >= 11 is 6.04. The van der Waals surface area contributed by atoms with Crippen LogP contribution < -0.4 is 10.1 Å². The Hall–Kier alpha value is -1.79. The summed E-state index contributed by atoms with van der Waals surface area (Å²) in [5.41, 5.74) is -0.0711. The highest BCUT2D eigenvalue weighted by Crippen LogP contribution is 2.26. The number of halogens is 1. The molecule has 1 aromatic carbocycles. The quantitative estimate of drug-likeness (QED) is 0.757. The fraction of sp³-hybridized carbons (Fsp3) is 0.500. The van der Waals surface area contributed by atoms with E-state index in [4.69, 9.17) is 26.2 Å². The molecule has 0 bridgehead atoms. The lowest BCUT2D eigenvalue weighted by molar-refractivity contribution is -0.140. The lowest BCUT2D eigenvalue weighted by atomic mass is 9.98. The summed E-state index contributed by atoms with van der Waals surface area (Å²) in [6, 6.07) is 5.26. The second kappa shape index (κ2) is 8.17. The zero-order valence-electron chi connectivity index (χ0n) is 13.7. The van der Waals surface area contributed by atoms with Crippen molar-refractivity contribution in [2.75, 3.05) is 13.7 Å². The zero-order valence-corrected chi connectivity index (χ0v) is 14.4. The summed E-state index contributed by atoms with van der Waals surface area (Å²) in [6.45, 7) is 5.14. The van der Waals surface area contributed by atoms with Crippen molar-refractivity contribution in [1.29, 1.82) is 0 Å². The van der Waals surface area contributed by atoms with Gasteiger partial charge in [-0.1, -0.05) is 17.7 Å². The van der Waals surface area contributed by atoms with Crippen LogP contribution >= 0.6 is 11.6 Å². The molecular weight excluding hydrogens is 322 g/mol. The second-order valence-corrected chi connectivity index (χ2v) is 6.15. The van der Waals surface area contributed by atoms with Gasteiger partial charge in [0, 0.05) is 7.11 Å². The maximum absolute atomic E-state index is 12.3. The van der Waals surface area contributed by atoms with Gasteiger partial charge < -0.3 is 19.9 Å². The first kappa shape index (κ1) is 19.3. The average Bonchev–Trinajstić information content (AvgIpc) is 2.41. The third kappa shape index (κ3) is 6.08. The Morgan fingerprint density at radius 1 is 1.43 bits per heavy atom. The number of carboxylic acids is 1. The number of benzene rings is 1. The van der Waals surface area contributed by atoms with Crippen molar-refractivity contribution >= 4 is 23.5 Å². The molecule has 0 saturated heterocycles. The average molecular weight is 344 g/mol. The molecule has 0 radical (unpaired) electrons. The fourth-order valence-electron chi connectivity index (χ4n) is 2.13. The van der Waals surface area contributed by atoms with Crippen LogP contribution in [0.5, 0.6) is 5.75 Å². The number of carbonyl (C=O) groups excluding carboxylic acids is 1. The zero-order chi connectivity index (χ0) is 17.6. The molecule has 0 aromatic heterocycles. The Bertz CT molecular complexity index is 578. The maximum atomic E-state index is 12.3. The first-order valence-corrected chi connectivity index (χ1v) is 7.50. The van der Waals surface area contributed by atoms with Crippen LogP contribution in [0.15, 0.2) is 18.2 Å². The number of carboxylic acid groups (broad SMARTS) is 1. The third-order valence-electron chi connectivity index (χ3n) is 3.19. The monoisotopic (exact) mass is 343 g/mol. The first-order valence-electron chi connectivity index (χ1n) is 7.12. The molecule has 0 aliphatic heterocycles. The standard InChI is InChI=1S/C16H22ClNO5/c1-10-5-6-12(17)13(7-10)23-11(2)15(21)18-16(3,9-22-4)8-14(19)20/h5-7,11H,8-9H2,1-4H3,(H,18,21)(H,19,20). The van der Waals surface area contributed by atoms with Crippen LogP contribution in [0.1, 0.15) is 25.8 Å². The van der Waals surface area contributed by atoms with Gasteiger partial charge in [0.15, 0.2) is 6.10 Å². The predicted octanol–water partition coefficient (Wildman–Crippen LogP) is 2.41. The van der Waals surface area contributed by atoms with Crippen molar-refractivity contribution in [1.82, 2.24) is 5.32 Å². The normalized spacial score (nSPS) is 14.7. The number of hydrogen-bond donors (Lipinski definition) is 2. The van der Waals surface area contributed by atoms with Crippen LogP contribution in [0, 0.1) is 6.92 Å². The molecule has 0 saturated carbocycles. The number of nitrogens with one attached hydrogen (secondary N) is 1. The third-order valence-corrected chi connectivity index (χ3v) is 3.50. The van der Waals surface area contributed by atoms with Gasteiger partial charge in [-0.15, -0.1) is 0 Å². The van der Waals surface area contributed by atoms with Crippen LogP contribution in [-0.4, -0.2) is 42.3 Å². The van der Waals surface area contributed by atoms with Gasteiger partial charge in [0.05, 0.1) is 23.6 Å². The number of amides is 1. The van der Waals surface area contributed by atoms with Gasteiger partial charge in [0.25, 0.3) is 5.91 Å². The van der Waals surface area contributed by atoms with Crippen molar-refractivity contribution in [2.24, 2.45) is 0 Å². The van der Waals surface area contributed by atoms with Gasteiger partial charge >= 0.3 is 5.97 Å². The van der Waals surface area contributed by atoms with E-state index in [2.05, 4.69) is 5.32 Å². The van der Waals surface area contributed by atoms with E-state index in [1.54, 1.807) is 26.0 Å². The van der Waals surface area contributed by atoms with Crippen molar-refractivity contribution in [3.8, 4) is 5.75 Å². The van der Waals surface area contributed by atoms with Crippen LogP contribution in [0.4, 0.5) is 0 Å². The first-order chi connectivity index (χ1) is 10.7. The van der Waals surface area contributed by atoms with E-state index < -0.39 is 23.5 Å². The maximum Gasteiger partial charge on any atom is 0.305 e. The van der Waals surface area contributed by atoms with Crippen LogP contribution in [0.3, 0.4) is 0 Å². The highest BCUT2D eigenvalue weighted by Gasteiger charge is 2.31. The highest BCUT2D eigenvalue weighted by atomic mass is 35.5. The number of aliphatic carboxylic acids is 1. The Morgan fingerprint density at radius 3 is 2.65 bits per heavy atom. The largest absolute Gasteiger partial charge is 0.481 e. The lowest BCUT2D eigenvalue weighted by Crippen LogP contribution is -2.54. The minimum Gasteiger partial charge on any atom is -0.481 e. The highest BCUT2D eigenvalue weighted by molar-refractivity contribution is 6.32. The summed E-state index contributed by atoms with van der Waals surface area (Å²) < 4.78 is 10.6. The van der Waals surface area contributed by atoms with Gasteiger partial charge in [0.1, 0.15) is 5.75 Å². The number of rotatable bonds is 8. The molecule has 2 unspecified atom stereocenters. The molecular formula is C16H22ClNO5. The smallest absolute Gasteiger partial charge is 0.305 e. The summed E-state index contributed by atoms with van der Waals surface area (Å²) in [5, 5.41) is 12.0. The summed E-state index contributed by atoms with van der Waals surface area (Å²) in [6.07, 6.45) is -1.09. The Morgan fingerprint density at radius 2 is 2.09 bits per heavy atom. The van der Waals surface area contributed by atoms with E-state index in [1.807, 2.05) is 13.0 Å². The minimum absolute atomic E-state index is 0.0724. The predicted molar refractivity (Wildman–Crippen MR) is 87.0 cm³/mol. The fourth-order valence-corrected chi connectivity index (χ4v) is 2.29. The van der Waals surface area contributed by atoms with Gasteiger partial charge in [-0.25, -0.2) is 0 Å². The van der Waals surface area contributed by atoms with Crippen molar-refractivity contribution in [2.45, 2.75) is 38.8 Å². The molecule has 0 aliphatic rings. The molecule has 0 fully saturated rings. The number of carbonyl (C=O) groups is 2. The van der Waals surface area contributed by atoms with E-state index in [0.29, 0.717) is 10.8 Å².